The zero-order valence-electron chi connectivity index (χ0n) is 16.0. The molecule has 0 spiro atoms. The summed E-state index contributed by atoms with van der Waals surface area (Å²) in [5, 5.41) is 7.15. The molecule has 2 N–H and O–H groups in total. The number of methoxy groups -OCH3 is 1. The highest BCUT2D eigenvalue weighted by Gasteiger charge is 2.20. The van der Waals surface area contributed by atoms with Crippen LogP contribution >= 0.6 is 11.8 Å². The van der Waals surface area contributed by atoms with Gasteiger partial charge < -0.3 is 15.4 Å². The van der Waals surface area contributed by atoms with Crippen molar-refractivity contribution in [2.75, 3.05) is 20.4 Å². The Bertz CT molecular complexity index is 711. The van der Waals surface area contributed by atoms with Crippen molar-refractivity contribution in [2.45, 2.75) is 49.2 Å². The van der Waals surface area contributed by atoms with E-state index in [1.165, 1.54) is 47.3 Å². The van der Waals surface area contributed by atoms with Gasteiger partial charge in [-0.1, -0.05) is 24.3 Å². The van der Waals surface area contributed by atoms with E-state index >= 15 is 0 Å². The van der Waals surface area contributed by atoms with Crippen molar-refractivity contribution in [1.29, 1.82) is 0 Å². The van der Waals surface area contributed by atoms with E-state index < -0.39 is 0 Å². The van der Waals surface area contributed by atoms with Crippen LogP contribution in [0.5, 0.6) is 5.75 Å². The van der Waals surface area contributed by atoms with Gasteiger partial charge in [0.05, 0.1) is 7.11 Å². The zero-order valence-corrected chi connectivity index (χ0v) is 16.9. The summed E-state index contributed by atoms with van der Waals surface area (Å²) in [6, 6.07) is 16.4. The summed E-state index contributed by atoms with van der Waals surface area (Å²) in [5.74, 6) is 0.965. The molecule has 0 heterocycles. The molecule has 2 aromatic carbocycles. The second kappa shape index (κ2) is 9.45. The minimum atomic E-state index is 0.603. The molecule has 4 heteroatoms. The smallest absolute Gasteiger partial charge is 0.123 e. The van der Waals surface area contributed by atoms with Crippen LogP contribution in [0.25, 0.3) is 11.1 Å². The predicted octanol–water partition coefficient (Wildman–Crippen LogP) is 4.70. The summed E-state index contributed by atoms with van der Waals surface area (Å²) < 4.78 is 5.61. The van der Waals surface area contributed by atoms with Crippen molar-refractivity contribution in [3.05, 3.63) is 48.0 Å². The van der Waals surface area contributed by atoms with Crippen molar-refractivity contribution in [3.8, 4) is 16.9 Å². The molecule has 140 valence electrons. The summed E-state index contributed by atoms with van der Waals surface area (Å²) in [4.78, 5) is 1.31. The van der Waals surface area contributed by atoms with Crippen LogP contribution in [0.3, 0.4) is 0 Å². The first kappa shape index (κ1) is 19.3. The Labute approximate surface area is 161 Å². The summed E-state index contributed by atoms with van der Waals surface area (Å²) >= 11 is 1.79. The first-order chi connectivity index (χ1) is 12.7. The number of benzene rings is 2. The lowest BCUT2D eigenvalue weighted by molar-refractivity contribution is 0.315. The van der Waals surface area contributed by atoms with E-state index in [1.807, 2.05) is 0 Å². The van der Waals surface area contributed by atoms with Gasteiger partial charge in [-0.25, -0.2) is 0 Å². The Kier molecular flexibility index (Phi) is 7.00. The van der Waals surface area contributed by atoms with Crippen molar-refractivity contribution < 1.29 is 4.74 Å². The summed E-state index contributed by atoms with van der Waals surface area (Å²) in [5.41, 5.74) is 3.78. The van der Waals surface area contributed by atoms with Gasteiger partial charge in [0, 0.05) is 29.1 Å². The summed E-state index contributed by atoms with van der Waals surface area (Å²) in [6.45, 7) is 0.854. The number of nitrogens with one attached hydrogen (secondary N) is 2. The molecule has 0 amide bonds. The number of ether oxygens (including phenoxy) is 1. The van der Waals surface area contributed by atoms with Crippen LogP contribution in [0.1, 0.15) is 31.2 Å². The SMILES string of the molecule is CNC1CCC(NCc2cc(-c3ccccc3SC)ccc2OC)CC1. The Morgan fingerprint density at radius 3 is 2.46 bits per heavy atom. The van der Waals surface area contributed by atoms with Crippen molar-refractivity contribution >= 4 is 11.8 Å². The maximum atomic E-state index is 5.61. The van der Waals surface area contributed by atoms with Crippen LogP contribution in [0.2, 0.25) is 0 Å². The second-order valence-electron chi connectivity index (χ2n) is 6.95. The molecule has 1 fully saturated rings. The topological polar surface area (TPSA) is 33.3 Å². The van der Waals surface area contributed by atoms with Gasteiger partial charge in [-0.3, -0.25) is 0 Å². The van der Waals surface area contributed by atoms with Crippen LogP contribution in [0, 0.1) is 0 Å². The van der Waals surface area contributed by atoms with E-state index in [0.717, 1.165) is 12.3 Å². The molecule has 0 bridgehead atoms. The highest BCUT2D eigenvalue weighted by Crippen LogP contribution is 2.33. The van der Waals surface area contributed by atoms with Gasteiger partial charge in [-0.05, 0) is 68.3 Å². The van der Waals surface area contributed by atoms with Crippen LogP contribution < -0.4 is 15.4 Å². The highest BCUT2D eigenvalue weighted by molar-refractivity contribution is 7.98. The first-order valence-corrected chi connectivity index (χ1v) is 10.7. The van der Waals surface area contributed by atoms with E-state index in [1.54, 1.807) is 18.9 Å². The van der Waals surface area contributed by atoms with Crippen LogP contribution in [-0.4, -0.2) is 32.5 Å². The average molecular weight is 371 g/mol. The molecule has 2 aromatic rings. The van der Waals surface area contributed by atoms with E-state index in [2.05, 4.69) is 66.4 Å². The van der Waals surface area contributed by atoms with Gasteiger partial charge in [0.1, 0.15) is 5.75 Å². The van der Waals surface area contributed by atoms with Crippen LogP contribution in [0.4, 0.5) is 0 Å². The number of thioether (sulfide) groups is 1. The Morgan fingerprint density at radius 1 is 1.04 bits per heavy atom. The van der Waals surface area contributed by atoms with Gasteiger partial charge in [0.15, 0.2) is 0 Å². The van der Waals surface area contributed by atoms with E-state index in [-0.39, 0.29) is 0 Å². The van der Waals surface area contributed by atoms with Gasteiger partial charge in [-0.15, -0.1) is 11.8 Å². The molecule has 0 atom stereocenters. The summed E-state index contributed by atoms with van der Waals surface area (Å²) in [6.07, 6.45) is 7.12. The lowest BCUT2D eigenvalue weighted by Crippen LogP contribution is -2.38. The third-order valence-electron chi connectivity index (χ3n) is 5.41. The third kappa shape index (κ3) is 4.61. The fraction of sp³-hybridized carbons (Fsp3) is 0.455. The number of rotatable bonds is 7. The molecule has 0 unspecified atom stereocenters. The second-order valence-corrected chi connectivity index (χ2v) is 7.79. The Hall–Kier alpha value is -1.49. The molecule has 1 aliphatic rings. The molecule has 3 nitrogen and oxygen atoms in total. The van der Waals surface area contributed by atoms with Crippen LogP contribution in [-0.2, 0) is 6.54 Å². The minimum Gasteiger partial charge on any atom is -0.496 e. The Morgan fingerprint density at radius 2 is 1.77 bits per heavy atom. The standard InChI is InChI=1S/C22H30N2OS/c1-23-18-9-11-19(12-10-18)24-15-17-14-16(8-13-21(17)25-2)20-6-4-5-7-22(20)26-3/h4-8,13-14,18-19,23-24H,9-12,15H2,1-3H3. The van der Waals surface area contributed by atoms with E-state index in [9.17, 15) is 0 Å². The van der Waals surface area contributed by atoms with Crippen molar-refractivity contribution in [1.82, 2.24) is 10.6 Å². The van der Waals surface area contributed by atoms with Gasteiger partial charge >= 0.3 is 0 Å². The average Bonchev–Trinajstić information content (AvgIpc) is 2.72. The van der Waals surface area contributed by atoms with E-state index in [4.69, 9.17) is 4.74 Å². The highest BCUT2D eigenvalue weighted by atomic mass is 32.2. The Balaban J connectivity index is 1.74. The lowest BCUT2D eigenvalue weighted by atomic mass is 9.91. The third-order valence-corrected chi connectivity index (χ3v) is 6.21. The quantitative estimate of drug-likeness (QED) is 0.692. The van der Waals surface area contributed by atoms with Crippen molar-refractivity contribution in [3.63, 3.8) is 0 Å². The molecule has 26 heavy (non-hydrogen) atoms. The molecular formula is C22H30N2OS. The maximum absolute atomic E-state index is 5.61. The first-order valence-electron chi connectivity index (χ1n) is 9.46. The summed E-state index contributed by atoms with van der Waals surface area (Å²) in [7, 11) is 3.83. The molecule has 0 aromatic heterocycles. The lowest BCUT2D eigenvalue weighted by Gasteiger charge is -2.29. The molecule has 0 saturated heterocycles. The van der Waals surface area contributed by atoms with Gasteiger partial charge in [-0.2, -0.15) is 0 Å². The molecule has 0 aliphatic heterocycles. The molecule has 1 aliphatic carbocycles. The van der Waals surface area contributed by atoms with E-state index in [0.29, 0.717) is 12.1 Å². The van der Waals surface area contributed by atoms with Crippen molar-refractivity contribution in [2.24, 2.45) is 0 Å². The molecular weight excluding hydrogens is 340 g/mol. The molecule has 3 rings (SSSR count). The maximum Gasteiger partial charge on any atom is 0.123 e. The number of hydrogen-bond donors (Lipinski definition) is 2. The molecule has 0 radical (unpaired) electrons. The monoisotopic (exact) mass is 370 g/mol. The van der Waals surface area contributed by atoms with Gasteiger partial charge in [0.25, 0.3) is 0 Å². The normalized spacial score (nSPS) is 20.1. The predicted molar refractivity (Wildman–Crippen MR) is 112 cm³/mol. The van der Waals surface area contributed by atoms with Crippen LogP contribution in [0.15, 0.2) is 47.4 Å². The molecule has 1 saturated carbocycles. The number of hydrogen-bond acceptors (Lipinski definition) is 4. The largest absolute Gasteiger partial charge is 0.496 e. The fourth-order valence-electron chi connectivity index (χ4n) is 3.81. The minimum absolute atomic E-state index is 0.603. The fourth-order valence-corrected chi connectivity index (χ4v) is 4.43. The van der Waals surface area contributed by atoms with Gasteiger partial charge in [0.2, 0.25) is 0 Å². The zero-order chi connectivity index (χ0) is 18.4.